The Hall–Kier alpha value is -3.19. The van der Waals surface area contributed by atoms with Gasteiger partial charge >= 0.3 is 11.8 Å². The van der Waals surface area contributed by atoms with Crippen molar-refractivity contribution in [3.63, 3.8) is 0 Å². The van der Waals surface area contributed by atoms with Crippen molar-refractivity contribution in [2.24, 2.45) is 0 Å². The highest BCUT2D eigenvalue weighted by molar-refractivity contribution is 6.40. The molecule has 0 aromatic heterocycles. The molecule has 2 aromatic rings. The molecule has 0 unspecified atom stereocenters. The fraction of sp³-hybridized carbons (Fsp3) is 0.250. The normalized spacial score (nSPS) is 11.4. The summed E-state index contributed by atoms with van der Waals surface area (Å²) in [6, 6.07) is 14.1. The second kappa shape index (κ2) is 9.49. The summed E-state index contributed by atoms with van der Waals surface area (Å²) in [4.78, 5) is 36.3. The van der Waals surface area contributed by atoms with E-state index in [2.05, 4.69) is 16.0 Å². The van der Waals surface area contributed by atoms with Crippen LogP contribution in [0.3, 0.4) is 0 Å². The topological polar surface area (TPSA) is 108 Å². The fourth-order valence-corrected chi connectivity index (χ4v) is 2.37. The first-order chi connectivity index (χ1) is 12.9. The monoisotopic (exact) mass is 369 g/mol. The van der Waals surface area contributed by atoms with E-state index < -0.39 is 17.9 Å². The molecule has 0 aliphatic carbocycles. The number of para-hydroxylation sites is 1. The molecular weight excluding hydrogens is 346 g/mol. The van der Waals surface area contributed by atoms with Crippen molar-refractivity contribution in [3.8, 4) is 0 Å². The molecular formula is C20H23N3O4. The number of hydrogen-bond acceptors (Lipinski definition) is 4. The van der Waals surface area contributed by atoms with Gasteiger partial charge in [-0.1, -0.05) is 36.4 Å². The van der Waals surface area contributed by atoms with Gasteiger partial charge in [0.05, 0.1) is 17.4 Å². The maximum atomic E-state index is 12.5. The number of anilines is 1. The summed E-state index contributed by atoms with van der Waals surface area (Å²) in [5.41, 5.74) is 2.54. The first-order valence-corrected chi connectivity index (χ1v) is 8.57. The molecule has 142 valence electrons. The van der Waals surface area contributed by atoms with Gasteiger partial charge < -0.3 is 21.1 Å². The summed E-state index contributed by atoms with van der Waals surface area (Å²) in [6.45, 7) is 3.77. The quantitative estimate of drug-likeness (QED) is 0.577. The number of carbonyl (C=O) groups is 3. The second-order valence-corrected chi connectivity index (χ2v) is 6.17. The molecule has 4 N–H and O–H groups in total. The smallest absolute Gasteiger partial charge is 0.313 e. The van der Waals surface area contributed by atoms with Gasteiger partial charge in [-0.2, -0.15) is 0 Å². The number of aryl methyl sites for hydroxylation is 1. The number of rotatable bonds is 6. The van der Waals surface area contributed by atoms with Crippen LogP contribution < -0.4 is 16.0 Å². The Labute approximate surface area is 157 Å². The molecule has 0 saturated carbocycles. The van der Waals surface area contributed by atoms with Crippen molar-refractivity contribution >= 4 is 23.4 Å². The predicted octanol–water partition coefficient (Wildman–Crippen LogP) is 1.36. The van der Waals surface area contributed by atoms with Crippen molar-refractivity contribution in [1.82, 2.24) is 10.6 Å². The van der Waals surface area contributed by atoms with Crippen LogP contribution in [0.5, 0.6) is 0 Å². The lowest BCUT2D eigenvalue weighted by Gasteiger charge is -2.12. The lowest BCUT2D eigenvalue weighted by molar-refractivity contribution is -0.136. The number of carbonyl (C=O) groups excluding carboxylic acids is 3. The first-order valence-electron chi connectivity index (χ1n) is 8.57. The highest BCUT2D eigenvalue weighted by atomic mass is 16.3. The van der Waals surface area contributed by atoms with Crippen molar-refractivity contribution in [2.45, 2.75) is 26.5 Å². The zero-order chi connectivity index (χ0) is 19.8. The second-order valence-electron chi connectivity index (χ2n) is 6.17. The van der Waals surface area contributed by atoms with E-state index in [1.807, 2.05) is 31.2 Å². The number of aliphatic hydroxyl groups is 1. The van der Waals surface area contributed by atoms with Crippen LogP contribution in [-0.4, -0.2) is 35.5 Å². The zero-order valence-corrected chi connectivity index (χ0v) is 15.3. The highest BCUT2D eigenvalue weighted by Crippen LogP contribution is 2.15. The zero-order valence-electron chi connectivity index (χ0n) is 15.3. The Morgan fingerprint density at radius 3 is 2.33 bits per heavy atom. The maximum absolute atomic E-state index is 12.5. The Morgan fingerprint density at radius 2 is 1.63 bits per heavy atom. The van der Waals surface area contributed by atoms with E-state index >= 15 is 0 Å². The van der Waals surface area contributed by atoms with E-state index in [1.165, 1.54) is 6.92 Å². The van der Waals surface area contributed by atoms with Gasteiger partial charge in [0.2, 0.25) is 0 Å². The molecule has 2 aromatic carbocycles. The third kappa shape index (κ3) is 5.93. The molecule has 0 spiro atoms. The molecule has 7 heteroatoms. The fourth-order valence-electron chi connectivity index (χ4n) is 2.37. The van der Waals surface area contributed by atoms with Crippen LogP contribution in [-0.2, 0) is 16.1 Å². The van der Waals surface area contributed by atoms with Crippen molar-refractivity contribution < 1.29 is 19.5 Å². The van der Waals surface area contributed by atoms with Crippen LogP contribution in [0.1, 0.15) is 28.4 Å². The first kappa shape index (κ1) is 20.1. The lowest BCUT2D eigenvalue weighted by atomic mass is 10.1. The standard InChI is InChI=1S/C20H23N3O4/c1-13-7-3-4-8-15(13)12-22-18(25)16-9-5-6-10-17(16)23-20(27)19(26)21-11-14(2)24/h3-10,14,24H,11-12H2,1-2H3,(H,21,26)(H,22,25)(H,23,27)/t14-/m0/s1. The molecule has 0 bridgehead atoms. The van der Waals surface area contributed by atoms with Gasteiger partial charge in [-0.25, -0.2) is 0 Å². The molecule has 7 nitrogen and oxygen atoms in total. The number of benzene rings is 2. The third-order valence-electron chi connectivity index (χ3n) is 3.88. The lowest BCUT2D eigenvalue weighted by Crippen LogP contribution is -2.39. The van der Waals surface area contributed by atoms with E-state index in [1.54, 1.807) is 24.3 Å². The Balaban J connectivity index is 2.04. The molecule has 0 heterocycles. The van der Waals surface area contributed by atoms with Gasteiger partial charge in [0.25, 0.3) is 5.91 Å². The summed E-state index contributed by atoms with van der Waals surface area (Å²) >= 11 is 0. The Morgan fingerprint density at radius 1 is 0.963 bits per heavy atom. The molecule has 0 saturated heterocycles. The summed E-state index contributed by atoms with van der Waals surface area (Å²) in [5, 5.41) is 16.7. The van der Waals surface area contributed by atoms with Crippen LogP contribution in [0.2, 0.25) is 0 Å². The number of hydrogen-bond donors (Lipinski definition) is 4. The van der Waals surface area contributed by atoms with Gasteiger partial charge in [-0.15, -0.1) is 0 Å². The third-order valence-corrected chi connectivity index (χ3v) is 3.88. The summed E-state index contributed by atoms with van der Waals surface area (Å²) in [5.74, 6) is -2.15. The average molecular weight is 369 g/mol. The predicted molar refractivity (Wildman–Crippen MR) is 102 cm³/mol. The number of nitrogens with one attached hydrogen (secondary N) is 3. The number of amides is 3. The van der Waals surface area contributed by atoms with E-state index in [4.69, 9.17) is 5.11 Å². The molecule has 2 rings (SSSR count). The van der Waals surface area contributed by atoms with Gasteiger partial charge in [-0.3, -0.25) is 14.4 Å². The minimum Gasteiger partial charge on any atom is -0.392 e. The van der Waals surface area contributed by atoms with Crippen LogP contribution in [0.25, 0.3) is 0 Å². The van der Waals surface area contributed by atoms with Gasteiger partial charge in [0.15, 0.2) is 0 Å². The van der Waals surface area contributed by atoms with Crippen LogP contribution >= 0.6 is 0 Å². The molecule has 0 aliphatic rings. The highest BCUT2D eigenvalue weighted by Gasteiger charge is 2.18. The largest absolute Gasteiger partial charge is 0.392 e. The molecule has 0 fully saturated rings. The van der Waals surface area contributed by atoms with Crippen molar-refractivity contribution in [2.75, 3.05) is 11.9 Å². The van der Waals surface area contributed by atoms with Crippen molar-refractivity contribution in [1.29, 1.82) is 0 Å². The summed E-state index contributed by atoms with van der Waals surface area (Å²) in [6.07, 6.45) is -0.763. The van der Waals surface area contributed by atoms with Gasteiger partial charge in [0, 0.05) is 13.1 Å². The van der Waals surface area contributed by atoms with Gasteiger partial charge in [0.1, 0.15) is 0 Å². The minimum atomic E-state index is -0.908. The SMILES string of the molecule is Cc1ccccc1CNC(=O)c1ccccc1NC(=O)C(=O)NC[C@H](C)O. The summed E-state index contributed by atoms with van der Waals surface area (Å²) in [7, 11) is 0. The molecule has 3 amide bonds. The van der Waals surface area contributed by atoms with Crippen molar-refractivity contribution in [3.05, 3.63) is 65.2 Å². The van der Waals surface area contributed by atoms with Crippen LogP contribution in [0.4, 0.5) is 5.69 Å². The molecule has 0 aliphatic heterocycles. The van der Waals surface area contributed by atoms with E-state index in [0.717, 1.165) is 11.1 Å². The minimum absolute atomic E-state index is 0.0369. The van der Waals surface area contributed by atoms with E-state index in [9.17, 15) is 14.4 Å². The molecule has 1 atom stereocenters. The summed E-state index contributed by atoms with van der Waals surface area (Å²) < 4.78 is 0. The maximum Gasteiger partial charge on any atom is 0.313 e. The molecule has 27 heavy (non-hydrogen) atoms. The van der Waals surface area contributed by atoms with Crippen LogP contribution in [0, 0.1) is 6.92 Å². The Bertz CT molecular complexity index is 833. The molecule has 0 radical (unpaired) electrons. The Kier molecular flexibility index (Phi) is 7.08. The van der Waals surface area contributed by atoms with E-state index in [0.29, 0.717) is 6.54 Å². The average Bonchev–Trinajstić information content (AvgIpc) is 2.65. The van der Waals surface area contributed by atoms with Crippen LogP contribution in [0.15, 0.2) is 48.5 Å². The van der Waals surface area contributed by atoms with Gasteiger partial charge in [-0.05, 0) is 37.1 Å². The van der Waals surface area contributed by atoms with E-state index in [-0.39, 0.29) is 23.7 Å². The number of aliphatic hydroxyl groups excluding tert-OH is 1.